The fourth-order valence-corrected chi connectivity index (χ4v) is 4.93. The van der Waals surface area contributed by atoms with Crippen molar-refractivity contribution in [3.63, 3.8) is 0 Å². The van der Waals surface area contributed by atoms with Crippen molar-refractivity contribution in [1.82, 2.24) is 14.8 Å². The largest absolute Gasteiger partial charge is 0.368 e. The topological polar surface area (TPSA) is 59.7 Å². The van der Waals surface area contributed by atoms with Gasteiger partial charge in [0.1, 0.15) is 5.69 Å². The molecule has 2 saturated heterocycles. The number of carbonyl (C=O) groups is 2. The summed E-state index contributed by atoms with van der Waals surface area (Å²) in [6.45, 7) is 4.76. The van der Waals surface area contributed by atoms with Crippen LogP contribution in [-0.2, 0) is 4.79 Å². The van der Waals surface area contributed by atoms with E-state index in [9.17, 15) is 9.59 Å². The van der Waals surface area contributed by atoms with Crippen molar-refractivity contribution in [3.05, 3.63) is 66.4 Å². The molecule has 6 nitrogen and oxygen atoms in total. The maximum atomic E-state index is 12.9. The lowest BCUT2D eigenvalue weighted by molar-refractivity contribution is -0.132. The van der Waals surface area contributed by atoms with Crippen molar-refractivity contribution in [2.75, 3.05) is 44.2 Å². The molecule has 166 valence electrons. The first-order chi connectivity index (χ1) is 15.7. The Morgan fingerprint density at radius 1 is 0.812 bits per heavy atom. The Bertz CT molecular complexity index is 1040. The number of aromatic amines is 1. The summed E-state index contributed by atoms with van der Waals surface area (Å²) in [7, 11) is 0. The number of aromatic nitrogens is 1. The molecule has 2 aromatic carbocycles. The zero-order valence-corrected chi connectivity index (χ0v) is 18.4. The Labute approximate surface area is 188 Å². The molecule has 2 aliphatic heterocycles. The molecular weight excluding hydrogens is 400 g/mol. The zero-order valence-electron chi connectivity index (χ0n) is 18.4. The Kier molecular flexibility index (Phi) is 5.84. The van der Waals surface area contributed by atoms with Crippen molar-refractivity contribution in [2.45, 2.75) is 19.3 Å². The molecule has 2 aliphatic rings. The molecule has 0 aliphatic carbocycles. The number of hydrogen-bond donors (Lipinski definition) is 1. The van der Waals surface area contributed by atoms with Crippen LogP contribution in [0.15, 0.2) is 60.7 Å². The predicted octanol–water partition coefficient (Wildman–Crippen LogP) is 3.76. The summed E-state index contributed by atoms with van der Waals surface area (Å²) in [6.07, 6.45) is 2.38. The van der Waals surface area contributed by atoms with Crippen molar-refractivity contribution in [1.29, 1.82) is 0 Å². The number of nitrogens with one attached hydrogen (secondary N) is 1. The Balaban J connectivity index is 1.09. The number of H-pyrrole nitrogens is 1. The van der Waals surface area contributed by atoms with Crippen LogP contribution >= 0.6 is 0 Å². The van der Waals surface area contributed by atoms with Gasteiger partial charge in [-0.1, -0.05) is 36.4 Å². The number of anilines is 1. The summed E-state index contributed by atoms with van der Waals surface area (Å²) < 4.78 is 0. The van der Waals surface area contributed by atoms with E-state index < -0.39 is 0 Å². The molecule has 0 unspecified atom stereocenters. The van der Waals surface area contributed by atoms with E-state index in [-0.39, 0.29) is 11.8 Å². The van der Waals surface area contributed by atoms with Gasteiger partial charge >= 0.3 is 0 Å². The van der Waals surface area contributed by atoms with E-state index in [1.807, 2.05) is 46.2 Å². The molecule has 3 aromatic rings. The first-order valence-electron chi connectivity index (χ1n) is 11.6. The molecule has 1 N–H and O–H groups in total. The summed E-state index contributed by atoms with van der Waals surface area (Å²) in [5.74, 6) is 0.683. The van der Waals surface area contributed by atoms with Gasteiger partial charge in [-0.15, -0.1) is 0 Å². The molecule has 6 heteroatoms. The Morgan fingerprint density at radius 3 is 2.22 bits per heavy atom. The van der Waals surface area contributed by atoms with Crippen LogP contribution in [0.2, 0.25) is 0 Å². The van der Waals surface area contributed by atoms with Crippen LogP contribution < -0.4 is 4.90 Å². The highest BCUT2D eigenvalue weighted by atomic mass is 16.2. The number of benzene rings is 2. The highest BCUT2D eigenvalue weighted by Gasteiger charge is 2.28. The number of amides is 2. The van der Waals surface area contributed by atoms with Crippen LogP contribution in [0.4, 0.5) is 5.69 Å². The minimum Gasteiger partial charge on any atom is -0.368 e. The number of piperidine rings is 1. The third kappa shape index (κ3) is 4.35. The van der Waals surface area contributed by atoms with Crippen LogP contribution in [0.1, 0.15) is 29.8 Å². The van der Waals surface area contributed by atoms with Crippen molar-refractivity contribution in [3.8, 4) is 0 Å². The van der Waals surface area contributed by atoms with Gasteiger partial charge in [-0.05, 0) is 43.0 Å². The Morgan fingerprint density at radius 2 is 1.50 bits per heavy atom. The number of fused-ring (bicyclic) bond motifs is 1. The lowest BCUT2D eigenvalue weighted by Crippen LogP contribution is -2.49. The minimum absolute atomic E-state index is 0.0583. The van der Waals surface area contributed by atoms with Gasteiger partial charge in [-0.25, -0.2) is 0 Å². The summed E-state index contributed by atoms with van der Waals surface area (Å²) >= 11 is 0. The van der Waals surface area contributed by atoms with Crippen molar-refractivity contribution < 1.29 is 9.59 Å². The molecule has 0 spiro atoms. The summed E-state index contributed by atoms with van der Waals surface area (Å²) in [4.78, 5) is 35.3. The average molecular weight is 431 g/mol. The lowest BCUT2D eigenvalue weighted by atomic mass is 9.92. The molecule has 0 radical (unpaired) electrons. The SMILES string of the molecule is O=C(CC1CCN(C(=O)c2cc3ccccc3[nH]2)CC1)N1CCN(c2ccccc2)CC1. The van der Waals surface area contributed by atoms with Crippen molar-refractivity contribution in [2.24, 2.45) is 5.92 Å². The molecule has 5 rings (SSSR count). The highest BCUT2D eigenvalue weighted by Crippen LogP contribution is 2.24. The highest BCUT2D eigenvalue weighted by molar-refractivity contribution is 5.98. The fraction of sp³-hybridized carbons (Fsp3) is 0.385. The first-order valence-corrected chi connectivity index (χ1v) is 11.6. The number of nitrogens with zero attached hydrogens (tertiary/aromatic N) is 3. The minimum atomic E-state index is 0.0583. The molecule has 0 saturated carbocycles. The molecule has 0 bridgehead atoms. The van der Waals surface area contributed by atoms with Crippen molar-refractivity contribution >= 4 is 28.4 Å². The summed E-state index contributed by atoms with van der Waals surface area (Å²) in [5.41, 5.74) is 2.87. The lowest BCUT2D eigenvalue weighted by Gasteiger charge is -2.37. The van der Waals surface area contributed by atoms with Crippen LogP contribution in [0.3, 0.4) is 0 Å². The van der Waals surface area contributed by atoms with E-state index >= 15 is 0 Å². The molecular formula is C26H30N4O2. The smallest absolute Gasteiger partial charge is 0.270 e. The second-order valence-corrected chi connectivity index (χ2v) is 8.91. The van der Waals surface area contributed by atoms with Gasteiger partial charge in [0, 0.05) is 62.3 Å². The third-order valence-corrected chi connectivity index (χ3v) is 6.88. The first kappa shape index (κ1) is 20.6. The van der Waals surface area contributed by atoms with Gasteiger partial charge in [0.25, 0.3) is 5.91 Å². The second-order valence-electron chi connectivity index (χ2n) is 8.91. The van der Waals surface area contributed by atoms with Gasteiger partial charge in [0.2, 0.25) is 5.91 Å². The van der Waals surface area contributed by atoms with E-state index in [1.54, 1.807) is 0 Å². The van der Waals surface area contributed by atoms with Gasteiger partial charge in [0.15, 0.2) is 0 Å². The monoisotopic (exact) mass is 430 g/mol. The zero-order chi connectivity index (χ0) is 21.9. The van der Waals surface area contributed by atoms with Gasteiger partial charge in [-0.2, -0.15) is 0 Å². The fourth-order valence-electron chi connectivity index (χ4n) is 4.93. The van der Waals surface area contributed by atoms with E-state index in [2.05, 4.69) is 34.1 Å². The molecule has 0 atom stereocenters. The summed E-state index contributed by atoms with van der Waals surface area (Å²) in [5, 5.41) is 1.06. The van der Waals surface area contributed by atoms with E-state index in [0.29, 0.717) is 31.1 Å². The van der Waals surface area contributed by atoms with Crippen LogP contribution in [0, 0.1) is 5.92 Å². The number of hydrogen-bond acceptors (Lipinski definition) is 3. The number of piperazine rings is 1. The quantitative estimate of drug-likeness (QED) is 0.686. The van der Waals surface area contributed by atoms with E-state index in [0.717, 1.165) is 49.9 Å². The van der Waals surface area contributed by atoms with Gasteiger partial charge in [0.05, 0.1) is 0 Å². The molecule has 3 heterocycles. The Hall–Kier alpha value is -3.28. The molecule has 32 heavy (non-hydrogen) atoms. The normalized spacial score (nSPS) is 17.7. The van der Waals surface area contributed by atoms with Gasteiger partial charge in [-0.3, -0.25) is 9.59 Å². The number of likely N-dealkylation sites (tertiary alicyclic amines) is 1. The average Bonchev–Trinajstić information content (AvgIpc) is 3.29. The van der Waals surface area contributed by atoms with Gasteiger partial charge < -0.3 is 19.7 Å². The number of carbonyl (C=O) groups excluding carboxylic acids is 2. The maximum absolute atomic E-state index is 12.9. The standard InChI is InChI=1S/C26H30N4O2/c31-25(29-16-14-28(15-17-29)22-7-2-1-3-8-22)18-20-10-12-30(13-11-20)26(32)24-19-21-6-4-5-9-23(21)27-24/h1-9,19-20,27H,10-18H2. The van der Waals surface area contributed by atoms with Crippen LogP contribution in [0.5, 0.6) is 0 Å². The molecule has 2 fully saturated rings. The van der Waals surface area contributed by atoms with Crippen LogP contribution in [0.25, 0.3) is 10.9 Å². The second kappa shape index (κ2) is 9.07. The third-order valence-electron chi connectivity index (χ3n) is 6.88. The maximum Gasteiger partial charge on any atom is 0.270 e. The van der Waals surface area contributed by atoms with Crippen LogP contribution in [-0.4, -0.2) is 65.9 Å². The number of rotatable bonds is 4. The van der Waals surface area contributed by atoms with E-state index in [4.69, 9.17) is 0 Å². The molecule has 1 aromatic heterocycles. The summed E-state index contributed by atoms with van der Waals surface area (Å²) in [6, 6.07) is 20.3. The predicted molar refractivity (Wildman–Crippen MR) is 127 cm³/mol. The number of para-hydroxylation sites is 2. The molecule has 2 amide bonds. The van der Waals surface area contributed by atoms with E-state index in [1.165, 1.54) is 5.69 Å².